The van der Waals surface area contributed by atoms with Crippen molar-refractivity contribution in [3.8, 4) is 11.4 Å². The summed E-state index contributed by atoms with van der Waals surface area (Å²) in [6.07, 6.45) is 2.09. The number of nitrogens with zero attached hydrogens (tertiary/aromatic N) is 4. The largest absolute Gasteiger partial charge is 0.379 e. The van der Waals surface area contributed by atoms with Crippen LogP contribution in [0.5, 0.6) is 0 Å². The van der Waals surface area contributed by atoms with E-state index in [2.05, 4.69) is 57.5 Å². The number of thioether (sulfide) groups is 1. The maximum Gasteiger partial charge on any atom is 0.271 e. The molecule has 29 heavy (non-hydrogen) atoms. The lowest BCUT2D eigenvalue weighted by atomic mass is 10.2. The van der Waals surface area contributed by atoms with E-state index < -0.39 is 0 Å². The third kappa shape index (κ3) is 4.05. The van der Waals surface area contributed by atoms with Gasteiger partial charge in [-0.25, -0.2) is 0 Å². The van der Waals surface area contributed by atoms with Gasteiger partial charge in [0.1, 0.15) is 0 Å². The first-order valence-corrected chi connectivity index (χ1v) is 11.1. The second kappa shape index (κ2) is 8.61. The molecule has 7 nitrogen and oxygen atoms in total. The van der Waals surface area contributed by atoms with Crippen LogP contribution in [0.25, 0.3) is 22.3 Å². The smallest absolute Gasteiger partial charge is 0.271 e. The Labute approximate surface area is 175 Å². The van der Waals surface area contributed by atoms with Crippen LogP contribution in [0.1, 0.15) is 10.5 Å². The van der Waals surface area contributed by atoms with Gasteiger partial charge in [-0.3, -0.25) is 14.4 Å². The number of morpholine rings is 1. The predicted molar refractivity (Wildman–Crippen MR) is 116 cm³/mol. The van der Waals surface area contributed by atoms with Gasteiger partial charge >= 0.3 is 0 Å². The number of ether oxygens (including phenoxy) is 1. The minimum Gasteiger partial charge on any atom is -0.379 e. The first kappa shape index (κ1) is 20.0. The number of benzene rings is 1. The normalized spacial score (nSPS) is 15.1. The second-order valence-electron chi connectivity index (χ2n) is 7.23. The molecular formula is C21H27N5O2S. The van der Waals surface area contributed by atoms with E-state index in [9.17, 15) is 4.79 Å². The Morgan fingerprint density at radius 3 is 2.76 bits per heavy atom. The predicted octanol–water partition coefficient (Wildman–Crippen LogP) is 2.36. The number of nitrogens with one attached hydrogen (secondary N) is 1. The summed E-state index contributed by atoms with van der Waals surface area (Å²) in [6, 6.07) is 10.4. The molecule has 0 unspecified atom stereocenters. The quantitative estimate of drug-likeness (QED) is 0.629. The van der Waals surface area contributed by atoms with Crippen molar-refractivity contribution in [2.75, 3.05) is 45.6 Å². The van der Waals surface area contributed by atoms with Gasteiger partial charge in [-0.15, -0.1) is 11.8 Å². The fourth-order valence-corrected chi connectivity index (χ4v) is 4.42. The molecule has 0 bridgehead atoms. The molecule has 3 aromatic rings. The van der Waals surface area contributed by atoms with Crippen molar-refractivity contribution in [2.24, 2.45) is 14.1 Å². The molecule has 1 N–H and O–H groups in total. The van der Waals surface area contributed by atoms with Crippen molar-refractivity contribution in [1.82, 2.24) is 24.6 Å². The van der Waals surface area contributed by atoms with E-state index in [0.717, 1.165) is 44.2 Å². The van der Waals surface area contributed by atoms with E-state index in [1.165, 1.54) is 15.8 Å². The van der Waals surface area contributed by atoms with Crippen molar-refractivity contribution >= 4 is 28.6 Å². The van der Waals surface area contributed by atoms with E-state index in [4.69, 9.17) is 4.74 Å². The van der Waals surface area contributed by atoms with Crippen LogP contribution < -0.4 is 5.32 Å². The van der Waals surface area contributed by atoms with E-state index in [-0.39, 0.29) is 5.91 Å². The fourth-order valence-electron chi connectivity index (χ4n) is 3.82. The Hall–Kier alpha value is -2.29. The van der Waals surface area contributed by atoms with Gasteiger partial charge in [0.25, 0.3) is 5.91 Å². The molecule has 0 saturated carbocycles. The minimum absolute atomic E-state index is 0.135. The zero-order valence-electron chi connectivity index (χ0n) is 17.1. The summed E-state index contributed by atoms with van der Waals surface area (Å²) in [5.74, 6) is -0.135. The van der Waals surface area contributed by atoms with Gasteiger partial charge in [-0.1, -0.05) is 6.07 Å². The van der Waals surface area contributed by atoms with E-state index >= 15 is 0 Å². The molecule has 1 aromatic carbocycles. The first-order chi connectivity index (χ1) is 14.1. The monoisotopic (exact) mass is 413 g/mol. The Kier molecular flexibility index (Phi) is 5.94. The molecular weight excluding hydrogens is 386 g/mol. The van der Waals surface area contributed by atoms with Crippen LogP contribution in [0.4, 0.5) is 0 Å². The molecule has 1 amide bonds. The van der Waals surface area contributed by atoms with Crippen LogP contribution in [0.2, 0.25) is 0 Å². The highest BCUT2D eigenvalue weighted by Gasteiger charge is 2.18. The van der Waals surface area contributed by atoms with Gasteiger partial charge in [0.05, 0.1) is 24.6 Å². The number of amides is 1. The summed E-state index contributed by atoms with van der Waals surface area (Å²) < 4.78 is 9.30. The molecule has 0 spiro atoms. The van der Waals surface area contributed by atoms with Crippen molar-refractivity contribution in [3.63, 3.8) is 0 Å². The van der Waals surface area contributed by atoms with Gasteiger partial charge in [0, 0.05) is 56.1 Å². The van der Waals surface area contributed by atoms with Gasteiger partial charge < -0.3 is 14.6 Å². The number of aryl methyl sites for hydroxylation is 2. The molecule has 0 radical (unpaired) electrons. The third-order valence-corrected chi connectivity index (χ3v) is 6.25. The Balaban J connectivity index is 1.51. The maximum atomic E-state index is 12.6. The van der Waals surface area contributed by atoms with E-state index in [1.54, 1.807) is 16.4 Å². The summed E-state index contributed by atoms with van der Waals surface area (Å²) in [7, 11) is 3.93. The molecule has 1 saturated heterocycles. The SMILES string of the molecule is CSc1cccc2c1cc(-c1cc(C(=O)NCCN3CCOCC3)nn1C)n2C. The number of carbonyl (C=O) groups is 1. The standard InChI is InChI=1S/C21H27N5O2S/c1-24-17-5-4-6-20(29-3)15(17)13-18(24)19-14-16(23-25(19)2)21(27)22-7-8-26-9-11-28-12-10-26/h4-6,13-14H,7-12H2,1-3H3,(H,22,27). The maximum absolute atomic E-state index is 12.6. The van der Waals surface area contributed by atoms with Gasteiger partial charge in [-0.05, 0) is 30.5 Å². The van der Waals surface area contributed by atoms with Crippen molar-refractivity contribution in [2.45, 2.75) is 4.90 Å². The average Bonchev–Trinajstić information content (AvgIpc) is 3.28. The van der Waals surface area contributed by atoms with Crippen LogP contribution in [0.3, 0.4) is 0 Å². The molecule has 1 aliphatic heterocycles. The molecule has 8 heteroatoms. The lowest BCUT2D eigenvalue weighted by Gasteiger charge is -2.26. The van der Waals surface area contributed by atoms with E-state index in [1.807, 2.05) is 13.1 Å². The zero-order valence-corrected chi connectivity index (χ0v) is 18.0. The highest BCUT2D eigenvalue weighted by molar-refractivity contribution is 7.98. The molecule has 3 heterocycles. The average molecular weight is 414 g/mol. The van der Waals surface area contributed by atoms with Gasteiger partial charge in [0.15, 0.2) is 5.69 Å². The van der Waals surface area contributed by atoms with Gasteiger partial charge in [0.2, 0.25) is 0 Å². The van der Waals surface area contributed by atoms with Crippen molar-refractivity contribution in [3.05, 3.63) is 36.0 Å². The molecule has 0 aliphatic carbocycles. The molecule has 0 atom stereocenters. The van der Waals surface area contributed by atoms with Crippen LogP contribution in [-0.4, -0.2) is 70.8 Å². The number of hydrogen-bond acceptors (Lipinski definition) is 5. The third-order valence-electron chi connectivity index (χ3n) is 5.46. The van der Waals surface area contributed by atoms with Crippen molar-refractivity contribution in [1.29, 1.82) is 0 Å². The number of rotatable bonds is 6. The van der Waals surface area contributed by atoms with Crippen LogP contribution in [0, 0.1) is 0 Å². The second-order valence-corrected chi connectivity index (χ2v) is 8.08. The summed E-state index contributed by atoms with van der Waals surface area (Å²) in [4.78, 5) is 16.1. The van der Waals surface area contributed by atoms with Crippen LogP contribution >= 0.6 is 11.8 Å². The highest BCUT2D eigenvalue weighted by atomic mass is 32.2. The molecule has 1 aliphatic rings. The van der Waals surface area contributed by atoms with Crippen LogP contribution in [0.15, 0.2) is 35.2 Å². The Bertz CT molecular complexity index is 1020. The molecule has 2 aromatic heterocycles. The Morgan fingerprint density at radius 1 is 1.21 bits per heavy atom. The number of carbonyl (C=O) groups excluding carboxylic acids is 1. The van der Waals surface area contributed by atoms with Crippen molar-refractivity contribution < 1.29 is 9.53 Å². The number of fused-ring (bicyclic) bond motifs is 1. The number of aromatic nitrogens is 3. The summed E-state index contributed by atoms with van der Waals surface area (Å²) >= 11 is 1.74. The minimum atomic E-state index is -0.135. The summed E-state index contributed by atoms with van der Waals surface area (Å²) in [6.45, 7) is 4.80. The lowest BCUT2D eigenvalue weighted by molar-refractivity contribution is 0.0383. The lowest BCUT2D eigenvalue weighted by Crippen LogP contribution is -2.41. The number of hydrogen-bond donors (Lipinski definition) is 1. The molecule has 1 fully saturated rings. The zero-order chi connectivity index (χ0) is 20.4. The summed E-state index contributed by atoms with van der Waals surface area (Å²) in [5, 5.41) is 8.67. The molecule has 154 valence electrons. The van der Waals surface area contributed by atoms with Crippen LogP contribution in [-0.2, 0) is 18.8 Å². The topological polar surface area (TPSA) is 64.3 Å². The van der Waals surface area contributed by atoms with E-state index in [0.29, 0.717) is 12.2 Å². The Morgan fingerprint density at radius 2 is 2.00 bits per heavy atom. The molecule has 4 rings (SSSR count). The summed E-state index contributed by atoms with van der Waals surface area (Å²) in [5.41, 5.74) is 3.59. The first-order valence-electron chi connectivity index (χ1n) is 9.83. The van der Waals surface area contributed by atoms with Gasteiger partial charge in [-0.2, -0.15) is 5.10 Å². The highest BCUT2D eigenvalue weighted by Crippen LogP contribution is 2.33. The fraction of sp³-hybridized carbons (Fsp3) is 0.429.